The third-order valence-corrected chi connectivity index (χ3v) is 4.71. The summed E-state index contributed by atoms with van der Waals surface area (Å²) in [6.07, 6.45) is 0. The Morgan fingerprint density at radius 1 is 0.893 bits per heavy atom. The van der Waals surface area contributed by atoms with Crippen molar-refractivity contribution in [1.82, 2.24) is 0 Å². The number of rotatable bonds is 4. The minimum Gasteiger partial charge on any atom is -0.512 e. The quantitative estimate of drug-likeness (QED) is 0.334. The van der Waals surface area contributed by atoms with Gasteiger partial charge in [-0.2, -0.15) is 0 Å². The molecule has 0 aliphatic heterocycles. The van der Waals surface area contributed by atoms with E-state index in [-0.39, 0.29) is 17.2 Å². The van der Waals surface area contributed by atoms with Gasteiger partial charge in [0, 0.05) is 11.1 Å². The van der Waals surface area contributed by atoms with Crippen molar-refractivity contribution in [2.75, 3.05) is 5.32 Å². The zero-order valence-corrected chi connectivity index (χ0v) is 16.6. The molecule has 1 amide bonds. The lowest BCUT2D eigenvalue weighted by atomic mass is 10.1. The predicted octanol–water partition coefficient (Wildman–Crippen LogP) is 6.02. The first kappa shape index (κ1) is 19.4. The van der Waals surface area contributed by atoms with Crippen LogP contribution in [0.1, 0.15) is 25.0 Å². The van der Waals surface area contributed by atoms with Crippen LogP contribution >= 0.6 is 0 Å². The number of anilines is 1. The van der Waals surface area contributed by atoms with Gasteiger partial charge in [-0.05, 0) is 50.3 Å². The van der Waals surface area contributed by atoms with Crippen molar-refractivity contribution in [1.29, 1.82) is 0 Å². The molecule has 0 spiro atoms. The van der Waals surface area contributed by atoms with Gasteiger partial charge in [-0.25, -0.2) is 0 Å². The van der Waals surface area contributed by atoms with E-state index in [2.05, 4.69) is 10.3 Å². The topological polar surface area (TPSA) is 61.7 Å². The van der Waals surface area contributed by atoms with Crippen LogP contribution in [0.25, 0.3) is 10.8 Å². The van der Waals surface area contributed by atoms with Crippen LogP contribution in [0.15, 0.2) is 77.0 Å². The molecule has 4 heteroatoms. The maximum Gasteiger partial charge on any atom is 0.260 e. The van der Waals surface area contributed by atoms with Gasteiger partial charge in [0.05, 0.1) is 17.0 Å². The summed E-state index contributed by atoms with van der Waals surface area (Å²) in [5.41, 5.74) is 4.19. The zero-order valence-electron chi connectivity index (χ0n) is 16.6. The summed E-state index contributed by atoms with van der Waals surface area (Å²) < 4.78 is 0. The third kappa shape index (κ3) is 3.96. The highest BCUT2D eigenvalue weighted by Gasteiger charge is 2.18. The fraction of sp³-hybridized carbons (Fsp3) is 0.167. The zero-order chi connectivity index (χ0) is 20.3. The summed E-state index contributed by atoms with van der Waals surface area (Å²) in [6, 6.07) is 19.5. The molecule has 0 radical (unpaired) electrons. The number of aryl methyl sites for hydroxylation is 2. The number of fused-ring (bicyclic) bond motifs is 1. The fourth-order valence-electron chi connectivity index (χ4n) is 3.32. The lowest BCUT2D eigenvalue weighted by Crippen LogP contribution is -2.21. The van der Waals surface area contributed by atoms with Crippen LogP contribution < -0.4 is 5.32 Å². The molecule has 2 N–H and O–H groups in total. The lowest BCUT2D eigenvalue weighted by molar-refractivity contribution is -0.112. The van der Waals surface area contributed by atoms with Gasteiger partial charge in [-0.1, -0.05) is 54.6 Å². The van der Waals surface area contributed by atoms with Crippen LogP contribution in [0.2, 0.25) is 0 Å². The standard InChI is InChI=1S/C24H24N2O2/c1-15-9-7-10-16(2)23(15)25-17(3)22(18(4)27)24(28)26-21-14-8-12-19-11-5-6-13-20(19)21/h5-14,27H,1-4H3,(H,26,28)/b22-18+,25-17?. The number of nitrogens with one attached hydrogen (secondary N) is 1. The van der Waals surface area contributed by atoms with Crippen LogP contribution in [0.4, 0.5) is 11.4 Å². The number of nitrogens with zero attached hydrogens (tertiary/aromatic N) is 1. The van der Waals surface area contributed by atoms with Crippen molar-refractivity contribution in [3.05, 3.63) is 83.1 Å². The van der Waals surface area contributed by atoms with Gasteiger partial charge in [0.1, 0.15) is 5.76 Å². The number of carbonyl (C=O) groups excluding carboxylic acids is 1. The molecule has 3 rings (SSSR count). The normalized spacial score (nSPS) is 12.6. The van der Waals surface area contributed by atoms with E-state index in [9.17, 15) is 9.90 Å². The van der Waals surface area contributed by atoms with Crippen LogP contribution in [0, 0.1) is 13.8 Å². The Kier molecular flexibility index (Phi) is 5.59. The monoisotopic (exact) mass is 372 g/mol. The second-order valence-corrected chi connectivity index (χ2v) is 6.88. The Labute approximate surface area is 165 Å². The average Bonchev–Trinajstić information content (AvgIpc) is 2.65. The summed E-state index contributed by atoms with van der Waals surface area (Å²) in [7, 11) is 0. The molecular weight excluding hydrogens is 348 g/mol. The molecule has 0 fully saturated rings. The highest BCUT2D eigenvalue weighted by Crippen LogP contribution is 2.26. The Morgan fingerprint density at radius 2 is 1.50 bits per heavy atom. The summed E-state index contributed by atoms with van der Waals surface area (Å²) in [5, 5.41) is 15.1. The number of allylic oxidation sites excluding steroid dienone is 1. The molecule has 0 unspecified atom stereocenters. The molecule has 0 saturated heterocycles. The highest BCUT2D eigenvalue weighted by atomic mass is 16.3. The van der Waals surface area contributed by atoms with E-state index < -0.39 is 0 Å². The average molecular weight is 372 g/mol. The van der Waals surface area contributed by atoms with Crippen LogP contribution in [-0.2, 0) is 4.79 Å². The minimum atomic E-state index is -0.385. The van der Waals surface area contributed by atoms with Crippen LogP contribution in [0.5, 0.6) is 0 Å². The van der Waals surface area contributed by atoms with E-state index in [1.54, 1.807) is 6.92 Å². The summed E-state index contributed by atoms with van der Waals surface area (Å²) in [4.78, 5) is 17.6. The minimum absolute atomic E-state index is 0.0646. The van der Waals surface area contributed by atoms with E-state index in [4.69, 9.17) is 0 Å². The number of para-hydroxylation sites is 1. The van der Waals surface area contributed by atoms with E-state index >= 15 is 0 Å². The maximum atomic E-state index is 13.0. The first-order chi connectivity index (χ1) is 13.4. The number of carbonyl (C=O) groups is 1. The summed E-state index contributed by atoms with van der Waals surface area (Å²) in [5.74, 6) is -0.450. The lowest BCUT2D eigenvalue weighted by Gasteiger charge is -2.13. The number of aliphatic imine (C=N–C) groups is 1. The largest absolute Gasteiger partial charge is 0.512 e. The van der Waals surface area contributed by atoms with Crippen molar-refractivity contribution in [3.8, 4) is 0 Å². The van der Waals surface area contributed by atoms with E-state index in [0.717, 1.165) is 27.6 Å². The summed E-state index contributed by atoms with van der Waals surface area (Å²) in [6.45, 7) is 7.19. The third-order valence-electron chi connectivity index (χ3n) is 4.71. The van der Waals surface area contributed by atoms with Crippen molar-refractivity contribution >= 4 is 33.8 Å². The molecule has 0 bridgehead atoms. The Hall–Kier alpha value is -3.40. The summed E-state index contributed by atoms with van der Waals surface area (Å²) >= 11 is 0. The molecule has 142 valence electrons. The molecule has 28 heavy (non-hydrogen) atoms. The molecule has 3 aromatic rings. The Bertz CT molecular complexity index is 1080. The first-order valence-electron chi connectivity index (χ1n) is 9.19. The molecule has 0 saturated carbocycles. The molecule has 0 atom stereocenters. The number of amides is 1. The van der Waals surface area contributed by atoms with Crippen LogP contribution in [-0.4, -0.2) is 16.7 Å². The molecule has 0 aliphatic carbocycles. The van der Waals surface area contributed by atoms with E-state index in [0.29, 0.717) is 11.4 Å². The Balaban J connectivity index is 1.98. The number of aliphatic hydroxyl groups is 1. The van der Waals surface area contributed by atoms with Crippen molar-refractivity contribution in [2.24, 2.45) is 4.99 Å². The van der Waals surface area contributed by atoms with Gasteiger partial charge in [0.15, 0.2) is 0 Å². The SMILES string of the molecule is CC(=Nc1c(C)cccc1C)/C(C(=O)Nc1cccc2ccccc12)=C(/C)O. The maximum absolute atomic E-state index is 13.0. The number of aliphatic hydroxyl groups excluding tert-OH is 1. The van der Waals surface area contributed by atoms with Gasteiger partial charge < -0.3 is 10.4 Å². The molecule has 0 heterocycles. The second-order valence-electron chi connectivity index (χ2n) is 6.88. The number of hydrogen-bond acceptors (Lipinski definition) is 3. The van der Waals surface area contributed by atoms with E-state index in [1.807, 2.05) is 74.5 Å². The molecular formula is C24H24N2O2. The second kappa shape index (κ2) is 8.09. The molecule has 3 aromatic carbocycles. The molecule has 0 aromatic heterocycles. The molecule has 0 aliphatic rings. The Morgan fingerprint density at radius 3 is 2.18 bits per heavy atom. The van der Waals surface area contributed by atoms with Crippen molar-refractivity contribution in [3.63, 3.8) is 0 Å². The smallest absolute Gasteiger partial charge is 0.260 e. The van der Waals surface area contributed by atoms with Crippen LogP contribution in [0.3, 0.4) is 0 Å². The molecule has 4 nitrogen and oxygen atoms in total. The number of benzene rings is 3. The van der Waals surface area contributed by atoms with Gasteiger partial charge >= 0.3 is 0 Å². The fourth-order valence-corrected chi connectivity index (χ4v) is 3.32. The first-order valence-corrected chi connectivity index (χ1v) is 9.19. The highest BCUT2D eigenvalue weighted by molar-refractivity contribution is 6.26. The van der Waals surface area contributed by atoms with Crippen molar-refractivity contribution < 1.29 is 9.90 Å². The van der Waals surface area contributed by atoms with E-state index in [1.165, 1.54) is 6.92 Å². The number of hydrogen-bond donors (Lipinski definition) is 2. The van der Waals surface area contributed by atoms with Crippen molar-refractivity contribution in [2.45, 2.75) is 27.7 Å². The van der Waals surface area contributed by atoms with Gasteiger partial charge in [0.25, 0.3) is 5.91 Å². The van der Waals surface area contributed by atoms with Gasteiger partial charge in [-0.15, -0.1) is 0 Å². The predicted molar refractivity (Wildman–Crippen MR) is 117 cm³/mol. The van der Waals surface area contributed by atoms with Gasteiger partial charge in [0.2, 0.25) is 0 Å². The van der Waals surface area contributed by atoms with Gasteiger partial charge in [-0.3, -0.25) is 9.79 Å².